The van der Waals surface area contributed by atoms with Crippen molar-refractivity contribution in [3.63, 3.8) is 0 Å². The highest BCUT2D eigenvalue weighted by atomic mass is 35.5. The summed E-state index contributed by atoms with van der Waals surface area (Å²) >= 11 is 11.6. The molecule has 0 aliphatic heterocycles. The molecule has 0 spiro atoms. The summed E-state index contributed by atoms with van der Waals surface area (Å²) in [5.41, 5.74) is 7.78. The van der Waals surface area contributed by atoms with E-state index in [4.69, 9.17) is 33.4 Å². The summed E-state index contributed by atoms with van der Waals surface area (Å²) in [7, 11) is 0. The molecule has 6 heteroatoms. The Morgan fingerprint density at radius 3 is 2.76 bits per heavy atom. The van der Waals surface area contributed by atoms with Gasteiger partial charge in [0, 0.05) is 5.02 Å². The van der Waals surface area contributed by atoms with Crippen LogP contribution in [0.1, 0.15) is 0 Å². The molecule has 0 bridgehead atoms. The van der Waals surface area contributed by atoms with Gasteiger partial charge in [-0.1, -0.05) is 11.6 Å². The highest BCUT2D eigenvalue weighted by Gasteiger charge is 2.11. The van der Waals surface area contributed by atoms with E-state index in [-0.39, 0.29) is 0 Å². The van der Waals surface area contributed by atoms with Gasteiger partial charge in [-0.05, 0) is 35.9 Å². The molecular formula is C11H7Cl2N3O. The molecule has 0 saturated carbocycles. The summed E-state index contributed by atoms with van der Waals surface area (Å²) in [6, 6.07) is 6.80. The molecule has 0 aliphatic carbocycles. The number of fused-ring (bicyclic) bond motifs is 1. The number of nitrogens with one attached hydrogen (secondary N) is 1. The molecule has 1 aromatic carbocycles. The summed E-state index contributed by atoms with van der Waals surface area (Å²) in [6.45, 7) is 0. The predicted octanol–water partition coefficient (Wildman–Crippen LogP) is 3.71. The van der Waals surface area contributed by atoms with Crippen LogP contribution in [0.15, 0.2) is 28.7 Å². The van der Waals surface area contributed by atoms with Crippen molar-refractivity contribution in [2.75, 3.05) is 5.73 Å². The number of nitrogen functional groups attached to an aromatic ring is 1. The monoisotopic (exact) mass is 267 g/mol. The van der Waals surface area contributed by atoms with Crippen molar-refractivity contribution in [3.8, 4) is 11.6 Å². The first-order chi connectivity index (χ1) is 8.13. The maximum Gasteiger partial charge on any atom is 0.194 e. The van der Waals surface area contributed by atoms with Gasteiger partial charge in [-0.2, -0.15) is 0 Å². The average molecular weight is 268 g/mol. The fourth-order valence-corrected chi connectivity index (χ4v) is 2.04. The minimum atomic E-state index is 0.312. The first-order valence-electron chi connectivity index (χ1n) is 4.84. The van der Waals surface area contributed by atoms with E-state index in [0.717, 1.165) is 5.52 Å². The molecule has 3 N–H and O–H groups in total. The number of imidazole rings is 1. The van der Waals surface area contributed by atoms with Crippen LogP contribution < -0.4 is 5.73 Å². The number of aromatic amines is 1. The number of rotatable bonds is 1. The number of nitrogens with zero attached hydrogens (tertiary/aromatic N) is 1. The van der Waals surface area contributed by atoms with Crippen molar-refractivity contribution in [2.24, 2.45) is 0 Å². The number of hydrogen-bond acceptors (Lipinski definition) is 3. The van der Waals surface area contributed by atoms with Gasteiger partial charge in [0.25, 0.3) is 0 Å². The third kappa shape index (κ3) is 1.75. The minimum Gasteiger partial charge on any atom is -0.441 e. The van der Waals surface area contributed by atoms with Crippen LogP contribution in [0.4, 0.5) is 5.69 Å². The Bertz CT molecular complexity index is 702. The number of H-pyrrole nitrogens is 1. The Kier molecular flexibility index (Phi) is 2.28. The highest BCUT2D eigenvalue weighted by Crippen LogP contribution is 2.29. The highest BCUT2D eigenvalue weighted by molar-refractivity contribution is 6.31. The number of hydrogen-bond donors (Lipinski definition) is 2. The van der Waals surface area contributed by atoms with Crippen LogP contribution in [0.25, 0.3) is 22.6 Å². The van der Waals surface area contributed by atoms with Crippen LogP contribution in [0.5, 0.6) is 0 Å². The Morgan fingerprint density at radius 1 is 1.24 bits per heavy atom. The van der Waals surface area contributed by atoms with Crippen molar-refractivity contribution >= 4 is 39.9 Å². The molecule has 0 fully saturated rings. The van der Waals surface area contributed by atoms with E-state index in [1.54, 1.807) is 24.3 Å². The van der Waals surface area contributed by atoms with Crippen LogP contribution in [0.2, 0.25) is 10.2 Å². The molecule has 0 radical (unpaired) electrons. The topological polar surface area (TPSA) is 67.8 Å². The number of aromatic nitrogens is 2. The van der Waals surface area contributed by atoms with Crippen LogP contribution in [0, 0.1) is 0 Å². The maximum atomic E-state index is 5.91. The molecule has 3 rings (SSSR count). The Labute approximate surface area is 106 Å². The summed E-state index contributed by atoms with van der Waals surface area (Å²) in [5.74, 6) is 1.13. The molecule has 2 aromatic heterocycles. The molecule has 0 unspecified atom stereocenters. The van der Waals surface area contributed by atoms with Gasteiger partial charge in [-0.3, -0.25) is 0 Å². The quantitative estimate of drug-likeness (QED) is 0.661. The summed E-state index contributed by atoms with van der Waals surface area (Å²) in [4.78, 5) is 7.42. The van der Waals surface area contributed by atoms with Crippen LogP contribution in [0.3, 0.4) is 0 Å². The van der Waals surface area contributed by atoms with E-state index in [1.807, 2.05) is 0 Å². The van der Waals surface area contributed by atoms with E-state index in [0.29, 0.717) is 33.0 Å². The fraction of sp³-hybridized carbons (Fsp3) is 0. The number of halogens is 2. The smallest absolute Gasteiger partial charge is 0.194 e. The second-order valence-corrected chi connectivity index (χ2v) is 4.39. The Balaban J connectivity index is 2.23. The van der Waals surface area contributed by atoms with E-state index in [1.165, 1.54) is 0 Å². The lowest BCUT2D eigenvalue weighted by molar-refractivity contribution is 0.580. The number of anilines is 1. The van der Waals surface area contributed by atoms with Gasteiger partial charge >= 0.3 is 0 Å². The van der Waals surface area contributed by atoms with Crippen molar-refractivity contribution < 1.29 is 4.42 Å². The predicted molar refractivity (Wildman–Crippen MR) is 68.2 cm³/mol. The molecule has 4 nitrogen and oxygen atoms in total. The van der Waals surface area contributed by atoms with E-state index in [2.05, 4.69) is 9.97 Å². The van der Waals surface area contributed by atoms with E-state index in [9.17, 15) is 0 Å². The standard InChI is InChI=1S/C11H7Cl2N3O/c12-5-3-6(14)10-7(4-5)15-11(16-10)8-1-2-9(13)17-8/h1-4H,14H2,(H,15,16). The average Bonchev–Trinajstić information content (AvgIpc) is 2.83. The number of nitrogens with two attached hydrogens (primary N) is 1. The molecule has 0 amide bonds. The fourth-order valence-electron chi connectivity index (χ4n) is 1.67. The largest absolute Gasteiger partial charge is 0.441 e. The Morgan fingerprint density at radius 2 is 2.06 bits per heavy atom. The lowest BCUT2D eigenvalue weighted by atomic mass is 10.3. The normalized spacial score (nSPS) is 11.2. The van der Waals surface area contributed by atoms with Crippen LogP contribution in [-0.4, -0.2) is 9.97 Å². The summed E-state index contributed by atoms with van der Waals surface area (Å²) in [5, 5.41) is 0.870. The summed E-state index contributed by atoms with van der Waals surface area (Å²) < 4.78 is 5.27. The van der Waals surface area contributed by atoms with Crippen molar-refractivity contribution in [1.29, 1.82) is 0 Å². The zero-order chi connectivity index (χ0) is 12.0. The minimum absolute atomic E-state index is 0.312. The lowest BCUT2D eigenvalue weighted by Crippen LogP contribution is -1.86. The SMILES string of the molecule is Nc1cc(Cl)cc2[nH]c(-c3ccc(Cl)o3)nc12. The van der Waals surface area contributed by atoms with Gasteiger partial charge in [-0.15, -0.1) is 0 Å². The third-order valence-corrected chi connectivity index (χ3v) is 2.81. The number of benzene rings is 1. The van der Waals surface area contributed by atoms with Crippen LogP contribution in [-0.2, 0) is 0 Å². The molecule has 2 heterocycles. The van der Waals surface area contributed by atoms with E-state index < -0.39 is 0 Å². The van der Waals surface area contributed by atoms with Crippen LogP contribution >= 0.6 is 23.2 Å². The molecule has 86 valence electrons. The zero-order valence-corrected chi connectivity index (χ0v) is 10.0. The van der Waals surface area contributed by atoms with Gasteiger partial charge in [0.2, 0.25) is 0 Å². The van der Waals surface area contributed by atoms with Gasteiger partial charge in [0.05, 0.1) is 11.2 Å². The molecule has 0 aliphatic rings. The van der Waals surface area contributed by atoms with Crippen molar-refractivity contribution in [3.05, 3.63) is 34.5 Å². The van der Waals surface area contributed by atoms with Gasteiger partial charge in [0.15, 0.2) is 16.8 Å². The van der Waals surface area contributed by atoms with E-state index >= 15 is 0 Å². The van der Waals surface area contributed by atoms with Gasteiger partial charge in [-0.25, -0.2) is 4.98 Å². The number of furan rings is 1. The molecule has 17 heavy (non-hydrogen) atoms. The zero-order valence-electron chi connectivity index (χ0n) is 8.50. The molecule has 0 saturated heterocycles. The first kappa shape index (κ1) is 10.5. The second kappa shape index (κ2) is 3.68. The third-order valence-electron chi connectivity index (χ3n) is 2.39. The lowest BCUT2D eigenvalue weighted by Gasteiger charge is -1.94. The van der Waals surface area contributed by atoms with Gasteiger partial charge < -0.3 is 15.1 Å². The molecule has 0 atom stereocenters. The van der Waals surface area contributed by atoms with Crippen molar-refractivity contribution in [2.45, 2.75) is 0 Å². The Hall–Kier alpha value is -1.65. The molecular weight excluding hydrogens is 261 g/mol. The maximum absolute atomic E-state index is 5.91. The second-order valence-electron chi connectivity index (χ2n) is 3.58. The molecule has 3 aromatic rings. The summed E-state index contributed by atoms with van der Waals surface area (Å²) in [6.07, 6.45) is 0. The van der Waals surface area contributed by atoms with Crippen molar-refractivity contribution in [1.82, 2.24) is 9.97 Å². The first-order valence-corrected chi connectivity index (χ1v) is 5.59. The van der Waals surface area contributed by atoms with Gasteiger partial charge in [0.1, 0.15) is 5.52 Å².